The molecular weight excluding hydrogens is 215 g/mol. The Morgan fingerprint density at radius 3 is 2.41 bits per heavy atom. The normalized spacial score (nSPS) is 13.6. The second-order valence-corrected chi connectivity index (χ2v) is 5.88. The number of rotatable bonds is 3. The van der Waals surface area contributed by atoms with Crippen LogP contribution in [-0.2, 0) is 0 Å². The van der Waals surface area contributed by atoms with Crippen LogP contribution < -0.4 is 10.6 Å². The number of hydrogen-bond donors (Lipinski definition) is 1. The summed E-state index contributed by atoms with van der Waals surface area (Å²) in [6.45, 7) is 9.07. The molecule has 2 nitrogen and oxygen atoms in total. The minimum absolute atomic E-state index is 0.117. The van der Waals surface area contributed by atoms with Crippen molar-refractivity contribution in [3.8, 4) is 0 Å². The molecule has 96 valence electrons. The van der Waals surface area contributed by atoms with Crippen LogP contribution in [0.1, 0.15) is 39.3 Å². The first-order valence-corrected chi connectivity index (χ1v) is 5.97. The third kappa shape index (κ3) is 3.70. The molecule has 0 saturated carbocycles. The van der Waals surface area contributed by atoms with Crippen LogP contribution >= 0.6 is 0 Å². The van der Waals surface area contributed by atoms with Gasteiger partial charge < -0.3 is 10.6 Å². The standard InChI is InChI=1S/C14H23FN2/c1-10(16)11-7-6-8-12(15)13(11)17(5)9-14(2,3)4/h6-8,10H,9,16H2,1-5H3/t10-/m1/s1. The zero-order chi connectivity index (χ0) is 13.2. The Bertz CT molecular complexity index is 380. The predicted octanol–water partition coefficient (Wildman–Crippen LogP) is 3.33. The van der Waals surface area contributed by atoms with Gasteiger partial charge in [-0.25, -0.2) is 4.39 Å². The van der Waals surface area contributed by atoms with Crippen molar-refractivity contribution >= 4 is 5.69 Å². The van der Waals surface area contributed by atoms with E-state index in [0.717, 1.165) is 12.1 Å². The highest BCUT2D eigenvalue weighted by atomic mass is 19.1. The first-order valence-electron chi connectivity index (χ1n) is 5.97. The van der Waals surface area contributed by atoms with E-state index in [1.807, 2.05) is 24.9 Å². The van der Waals surface area contributed by atoms with Gasteiger partial charge in [-0.1, -0.05) is 32.9 Å². The van der Waals surface area contributed by atoms with Crippen molar-refractivity contribution in [3.05, 3.63) is 29.6 Å². The van der Waals surface area contributed by atoms with Gasteiger partial charge >= 0.3 is 0 Å². The summed E-state index contributed by atoms with van der Waals surface area (Å²) in [6, 6.07) is 4.92. The second kappa shape index (κ2) is 5.05. The van der Waals surface area contributed by atoms with Gasteiger partial charge in [0.1, 0.15) is 5.82 Å². The number of anilines is 1. The molecule has 0 bridgehead atoms. The van der Waals surface area contributed by atoms with Crippen LogP contribution in [0.25, 0.3) is 0 Å². The van der Waals surface area contributed by atoms with Crippen LogP contribution in [0.4, 0.5) is 10.1 Å². The van der Waals surface area contributed by atoms with E-state index < -0.39 is 0 Å². The molecule has 1 aromatic carbocycles. The molecule has 3 heteroatoms. The lowest BCUT2D eigenvalue weighted by molar-refractivity contribution is 0.416. The van der Waals surface area contributed by atoms with E-state index in [2.05, 4.69) is 20.8 Å². The van der Waals surface area contributed by atoms with Gasteiger partial charge in [-0.05, 0) is 24.0 Å². The van der Waals surface area contributed by atoms with Crippen LogP contribution in [0.15, 0.2) is 18.2 Å². The van der Waals surface area contributed by atoms with Gasteiger partial charge in [-0.15, -0.1) is 0 Å². The largest absolute Gasteiger partial charge is 0.371 e. The van der Waals surface area contributed by atoms with E-state index >= 15 is 0 Å². The first-order chi connectivity index (χ1) is 7.72. The zero-order valence-electron chi connectivity index (χ0n) is 11.4. The van der Waals surface area contributed by atoms with Crippen molar-refractivity contribution in [2.24, 2.45) is 11.1 Å². The summed E-state index contributed by atoms with van der Waals surface area (Å²) < 4.78 is 13.9. The second-order valence-electron chi connectivity index (χ2n) is 5.88. The first kappa shape index (κ1) is 14.0. The summed E-state index contributed by atoms with van der Waals surface area (Å²) in [5.41, 5.74) is 7.49. The lowest BCUT2D eigenvalue weighted by Crippen LogP contribution is -2.31. The van der Waals surface area contributed by atoms with Crippen molar-refractivity contribution in [2.45, 2.75) is 33.7 Å². The SMILES string of the molecule is C[C@@H](N)c1cccc(F)c1N(C)CC(C)(C)C. The number of hydrogen-bond acceptors (Lipinski definition) is 2. The fraction of sp³-hybridized carbons (Fsp3) is 0.571. The predicted molar refractivity (Wildman–Crippen MR) is 71.7 cm³/mol. The summed E-state index contributed by atoms with van der Waals surface area (Å²) in [5.74, 6) is -0.202. The molecule has 1 rings (SSSR count). The molecular formula is C14H23FN2. The molecule has 0 heterocycles. The topological polar surface area (TPSA) is 29.3 Å². The molecule has 0 radical (unpaired) electrons. The molecule has 0 amide bonds. The van der Waals surface area contributed by atoms with E-state index in [-0.39, 0.29) is 17.3 Å². The average Bonchev–Trinajstić information content (AvgIpc) is 2.13. The molecule has 0 aliphatic heterocycles. The average molecular weight is 238 g/mol. The number of benzene rings is 1. The Labute approximate surface area is 104 Å². The summed E-state index contributed by atoms with van der Waals surface area (Å²) in [6.07, 6.45) is 0. The molecule has 0 unspecified atom stereocenters. The van der Waals surface area contributed by atoms with Crippen molar-refractivity contribution in [2.75, 3.05) is 18.5 Å². The molecule has 1 aromatic rings. The number of para-hydroxylation sites is 1. The van der Waals surface area contributed by atoms with Gasteiger partial charge in [0, 0.05) is 19.6 Å². The van der Waals surface area contributed by atoms with Crippen molar-refractivity contribution in [3.63, 3.8) is 0 Å². The Balaban J connectivity index is 3.11. The lowest BCUT2D eigenvalue weighted by atomic mass is 9.95. The van der Waals surface area contributed by atoms with Gasteiger partial charge in [-0.2, -0.15) is 0 Å². The maximum Gasteiger partial charge on any atom is 0.146 e. The van der Waals surface area contributed by atoms with E-state index in [4.69, 9.17) is 5.73 Å². The third-order valence-corrected chi connectivity index (χ3v) is 2.60. The van der Waals surface area contributed by atoms with Crippen molar-refractivity contribution < 1.29 is 4.39 Å². The van der Waals surface area contributed by atoms with Crippen molar-refractivity contribution in [1.29, 1.82) is 0 Å². The summed E-state index contributed by atoms with van der Waals surface area (Å²) in [4.78, 5) is 1.95. The van der Waals surface area contributed by atoms with Gasteiger partial charge in [0.15, 0.2) is 0 Å². The van der Waals surface area contributed by atoms with Gasteiger partial charge in [0.2, 0.25) is 0 Å². The summed E-state index contributed by atoms with van der Waals surface area (Å²) in [5, 5.41) is 0. The molecule has 0 aliphatic rings. The van der Waals surface area contributed by atoms with E-state index in [0.29, 0.717) is 5.69 Å². The van der Waals surface area contributed by atoms with Crippen LogP contribution in [0, 0.1) is 11.2 Å². The maximum absolute atomic E-state index is 13.9. The molecule has 1 atom stereocenters. The van der Waals surface area contributed by atoms with E-state index in [1.165, 1.54) is 6.07 Å². The van der Waals surface area contributed by atoms with Gasteiger partial charge in [0.05, 0.1) is 5.69 Å². The molecule has 0 spiro atoms. The molecule has 0 fully saturated rings. The van der Waals surface area contributed by atoms with Crippen LogP contribution in [0.3, 0.4) is 0 Å². The Morgan fingerprint density at radius 1 is 1.35 bits per heavy atom. The number of halogens is 1. The highest BCUT2D eigenvalue weighted by Crippen LogP contribution is 2.29. The smallest absolute Gasteiger partial charge is 0.146 e. The van der Waals surface area contributed by atoms with Crippen molar-refractivity contribution in [1.82, 2.24) is 0 Å². The fourth-order valence-electron chi connectivity index (χ4n) is 2.09. The maximum atomic E-state index is 13.9. The highest BCUT2D eigenvalue weighted by molar-refractivity contribution is 5.55. The van der Waals surface area contributed by atoms with E-state index in [1.54, 1.807) is 6.07 Å². The summed E-state index contributed by atoms with van der Waals surface area (Å²) in [7, 11) is 1.91. The minimum atomic E-state index is -0.202. The quantitative estimate of drug-likeness (QED) is 0.875. The van der Waals surface area contributed by atoms with Gasteiger partial charge in [-0.3, -0.25) is 0 Å². The van der Waals surface area contributed by atoms with E-state index in [9.17, 15) is 4.39 Å². The van der Waals surface area contributed by atoms with Gasteiger partial charge in [0.25, 0.3) is 0 Å². The molecule has 0 aromatic heterocycles. The Morgan fingerprint density at radius 2 is 1.94 bits per heavy atom. The highest BCUT2D eigenvalue weighted by Gasteiger charge is 2.20. The minimum Gasteiger partial charge on any atom is -0.371 e. The molecule has 17 heavy (non-hydrogen) atoms. The fourth-order valence-corrected chi connectivity index (χ4v) is 2.09. The van der Waals surface area contributed by atoms with Crippen LogP contribution in [0.5, 0.6) is 0 Å². The number of nitrogens with two attached hydrogens (primary N) is 1. The molecule has 0 saturated heterocycles. The zero-order valence-corrected chi connectivity index (χ0v) is 11.4. The van der Waals surface area contributed by atoms with Crippen LogP contribution in [-0.4, -0.2) is 13.6 Å². The number of nitrogens with zero attached hydrogens (tertiary/aromatic N) is 1. The third-order valence-electron chi connectivity index (χ3n) is 2.60. The Hall–Kier alpha value is -1.09. The Kier molecular flexibility index (Phi) is 4.15. The van der Waals surface area contributed by atoms with Crippen LogP contribution in [0.2, 0.25) is 0 Å². The lowest BCUT2D eigenvalue weighted by Gasteiger charge is -2.30. The monoisotopic (exact) mass is 238 g/mol. The molecule has 0 aliphatic carbocycles. The summed E-state index contributed by atoms with van der Waals surface area (Å²) >= 11 is 0. The molecule has 2 N–H and O–H groups in total.